The quantitative estimate of drug-likeness (QED) is 0.739. The molecule has 0 atom stereocenters. The van der Waals surface area contributed by atoms with Crippen molar-refractivity contribution in [2.45, 2.75) is 26.8 Å². The second kappa shape index (κ2) is 4.35. The summed E-state index contributed by atoms with van der Waals surface area (Å²) in [6.45, 7) is 4.64. The van der Waals surface area contributed by atoms with Gasteiger partial charge in [0.25, 0.3) is 0 Å². The van der Waals surface area contributed by atoms with E-state index in [1.165, 1.54) is 6.26 Å². The predicted octanol–water partition coefficient (Wildman–Crippen LogP) is 2.23. The minimum atomic E-state index is 0.0483. The lowest BCUT2D eigenvalue weighted by Crippen LogP contribution is -2.09. The minimum Gasteiger partial charge on any atom is -0.469 e. The highest BCUT2D eigenvalue weighted by Gasteiger charge is 2.14. The SMILES string of the molecule is CCn1ccnc1CC(=O)c1ccoc1C. The lowest BCUT2D eigenvalue weighted by molar-refractivity contribution is 0.0988. The van der Waals surface area contributed by atoms with Gasteiger partial charge in [0.1, 0.15) is 11.6 Å². The topological polar surface area (TPSA) is 48.0 Å². The van der Waals surface area contributed by atoms with Gasteiger partial charge in [0.15, 0.2) is 5.78 Å². The maximum Gasteiger partial charge on any atom is 0.173 e. The summed E-state index contributed by atoms with van der Waals surface area (Å²) >= 11 is 0. The summed E-state index contributed by atoms with van der Waals surface area (Å²) in [4.78, 5) is 16.1. The van der Waals surface area contributed by atoms with Crippen LogP contribution in [0.5, 0.6) is 0 Å². The highest BCUT2D eigenvalue weighted by Crippen LogP contribution is 2.12. The molecule has 0 saturated heterocycles. The normalized spacial score (nSPS) is 10.6. The molecule has 0 unspecified atom stereocenters. The molecule has 2 rings (SSSR count). The molecule has 4 heteroatoms. The Balaban J connectivity index is 2.17. The zero-order valence-corrected chi connectivity index (χ0v) is 9.43. The fourth-order valence-electron chi connectivity index (χ4n) is 1.71. The molecule has 0 radical (unpaired) electrons. The zero-order chi connectivity index (χ0) is 11.5. The smallest absolute Gasteiger partial charge is 0.173 e. The third-order valence-corrected chi connectivity index (χ3v) is 2.62. The van der Waals surface area contributed by atoms with Crippen LogP contribution in [0.1, 0.15) is 28.9 Å². The van der Waals surface area contributed by atoms with E-state index in [0.717, 1.165) is 12.4 Å². The number of aromatic nitrogens is 2. The Morgan fingerprint density at radius 2 is 2.38 bits per heavy atom. The van der Waals surface area contributed by atoms with Crippen molar-refractivity contribution < 1.29 is 9.21 Å². The van der Waals surface area contributed by atoms with E-state index in [0.29, 0.717) is 17.7 Å². The van der Waals surface area contributed by atoms with E-state index in [4.69, 9.17) is 4.42 Å². The number of imidazole rings is 1. The first-order valence-corrected chi connectivity index (χ1v) is 5.29. The minimum absolute atomic E-state index is 0.0483. The van der Waals surface area contributed by atoms with Crippen molar-refractivity contribution in [1.29, 1.82) is 0 Å². The first kappa shape index (κ1) is 10.7. The highest BCUT2D eigenvalue weighted by molar-refractivity contribution is 5.97. The van der Waals surface area contributed by atoms with Gasteiger partial charge in [-0.05, 0) is 19.9 Å². The Morgan fingerprint density at radius 3 is 3.00 bits per heavy atom. The van der Waals surface area contributed by atoms with Gasteiger partial charge in [-0.25, -0.2) is 4.98 Å². The third-order valence-electron chi connectivity index (χ3n) is 2.62. The van der Waals surface area contributed by atoms with Crippen molar-refractivity contribution in [2.24, 2.45) is 0 Å². The number of carbonyl (C=O) groups is 1. The van der Waals surface area contributed by atoms with Crippen LogP contribution in [0.4, 0.5) is 0 Å². The van der Waals surface area contributed by atoms with Crippen molar-refractivity contribution >= 4 is 5.78 Å². The molecule has 2 aromatic rings. The molecule has 0 spiro atoms. The van der Waals surface area contributed by atoms with Crippen LogP contribution in [0.25, 0.3) is 0 Å². The monoisotopic (exact) mass is 218 g/mol. The maximum atomic E-state index is 11.9. The summed E-state index contributed by atoms with van der Waals surface area (Å²) < 4.78 is 7.08. The van der Waals surface area contributed by atoms with Gasteiger partial charge in [-0.1, -0.05) is 0 Å². The second-order valence-electron chi connectivity index (χ2n) is 3.62. The van der Waals surface area contributed by atoms with Crippen LogP contribution in [-0.2, 0) is 13.0 Å². The Labute approximate surface area is 93.9 Å². The van der Waals surface area contributed by atoms with Crippen molar-refractivity contribution in [2.75, 3.05) is 0 Å². The number of rotatable bonds is 4. The number of furan rings is 1. The molecule has 0 bridgehead atoms. The lowest BCUT2D eigenvalue weighted by Gasteiger charge is -2.03. The average Bonchev–Trinajstić information content (AvgIpc) is 2.86. The zero-order valence-electron chi connectivity index (χ0n) is 9.43. The molecule has 0 N–H and O–H groups in total. The Kier molecular flexibility index (Phi) is 2.90. The summed E-state index contributed by atoms with van der Waals surface area (Å²) in [6.07, 6.45) is 5.45. The molecule has 0 fully saturated rings. The molecule has 2 aromatic heterocycles. The van der Waals surface area contributed by atoms with Gasteiger partial charge >= 0.3 is 0 Å². The Bertz CT molecular complexity index is 497. The largest absolute Gasteiger partial charge is 0.469 e. The fraction of sp³-hybridized carbons (Fsp3) is 0.333. The average molecular weight is 218 g/mol. The molecule has 0 aromatic carbocycles. The third kappa shape index (κ3) is 1.91. The van der Waals surface area contributed by atoms with E-state index in [9.17, 15) is 4.79 Å². The van der Waals surface area contributed by atoms with Crippen LogP contribution >= 0.6 is 0 Å². The Morgan fingerprint density at radius 1 is 1.56 bits per heavy atom. The van der Waals surface area contributed by atoms with Crippen molar-refractivity contribution in [3.8, 4) is 0 Å². The van der Waals surface area contributed by atoms with Gasteiger partial charge in [-0.15, -0.1) is 0 Å². The number of ketones is 1. The number of aryl methyl sites for hydroxylation is 2. The van der Waals surface area contributed by atoms with Gasteiger partial charge in [0.05, 0.1) is 18.2 Å². The van der Waals surface area contributed by atoms with Gasteiger partial charge in [0, 0.05) is 18.9 Å². The molecule has 0 aliphatic carbocycles. The molecule has 0 saturated carbocycles. The molecular weight excluding hydrogens is 204 g/mol. The van der Waals surface area contributed by atoms with Gasteiger partial charge < -0.3 is 8.98 Å². The molecular formula is C12H14N2O2. The number of hydrogen-bond acceptors (Lipinski definition) is 3. The maximum absolute atomic E-state index is 11.9. The number of carbonyl (C=O) groups excluding carboxylic acids is 1. The molecule has 16 heavy (non-hydrogen) atoms. The van der Waals surface area contributed by atoms with Crippen LogP contribution in [0.3, 0.4) is 0 Å². The summed E-state index contributed by atoms with van der Waals surface area (Å²) in [7, 11) is 0. The van der Waals surface area contributed by atoms with Crippen LogP contribution in [0, 0.1) is 6.92 Å². The fourth-order valence-corrected chi connectivity index (χ4v) is 1.71. The molecule has 0 amide bonds. The first-order chi connectivity index (χ1) is 7.72. The van der Waals surface area contributed by atoms with E-state index in [1.54, 1.807) is 19.2 Å². The highest BCUT2D eigenvalue weighted by atomic mass is 16.3. The number of nitrogens with zero attached hydrogens (tertiary/aromatic N) is 2. The summed E-state index contributed by atoms with van der Waals surface area (Å²) in [5.74, 6) is 1.51. The molecule has 84 valence electrons. The van der Waals surface area contributed by atoms with Crippen molar-refractivity contribution in [3.63, 3.8) is 0 Å². The van der Waals surface area contributed by atoms with Crippen molar-refractivity contribution in [1.82, 2.24) is 9.55 Å². The van der Waals surface area contributed by atoms with Crippen molar-refractivity contribution in [3.05, 3.63) is 41.9 Å². The van der Waals surface area contributed by atoms with E-state index in [-0.39, 0.29) is 5.78 Å². The standard InChI is InChI=1S/C12H14N2O2/c1-3-14-6-5-13-12(14)8-11(15)10-4-7-16-9(10)2/h4-7H,3,8H2,1-2H3. The van der Waals surface area contributed by atoms with Gasteiger partial charge in [-0.3, -0.25) is 4.79 Å². The van der Waals surface area contributed by atoms with E-state index < -0.39 is 0 Å². The van der Waals surface area contributed by atoms with Crippen LogP contribution in [0.2, 0.25) is 0 Å². The van der Waals surface area contributed by atoms with E-state index >= 15 is 0 Å². The van der Waals surface area contributed by atoms with Crippen LogP contribution < -0.4 is 0 Å². The molecule has 0 aliphatic heterocycles. The molecule has 4 nitrogen and oxygen atoms in total. The van der Waals surface area contributed by atoms with E-state index in [1.807, 2.05) is 17.7 Å². The molecule has 2 heterocycles. The van der Waals surface area contributed by atoms with Gasteiger partial charge in [-0.2, -0.15) is 0 Å². The molecule has 0 aliphatic rings. The predicted molar refractivity (Wildman–Crippen MR) is 59.4 cm³/mol. The number of Topliss-reactive ketones (excluding diaryl/α,β-unsaturated/α-hetero) is 1. The van der Waals surface area contributed by atoms with Gasteiger partial charge in [0.2, 0.25) is 0 Å². The van der Waals surface area contributed by atoms with E-state index in [2.05, 4.69) is 4.98 Å². The second-order valence-corrected chi connectivity index (χ2v) is 3.62. The lowest BCUT2D eigenvalue weighted by atomic mass is 10.1. The first-order valence-electron chi connectivity index (χ1n) is 5.29. The Hall–Kier alpha value is -1.84. The summed E-state index contributed by atoms with van der Waals surface area (Å²) in [6, 6.07) is 1.71. The summed E-state index contributed by atoms with van der Waals surface area (Å²) in [5, 5.41) is 0. The number of hydrogen-bond donors (Lipinski definition) is 0. The summed E-state index contributed by atoms with van der Waals surface area (Å²) in [5.41, 5.74) is 0.644. The van der Waals surface area contributed by atoms with Crippen LogP contribution in [0.15, 0.2) is 29.1 Å². The van der Waals surface area contributed by atoms with Crippen LogP contribution in [-0.4, -0.2) is 15.3 Å².